The van der Waals surface area contributed by atoms with Crippen molar-refractivity contribution in [2.45, 2.75) is 13.3 Å². The summed E-state index contributed by atoms with van der Waals surface area (Å²) in [5.74, 6) is 0.825. The van der Waals surface area contributed by atoms with Crippen LogP contribution in [0.2, 0.25) is 0 Å². The van der Waals surface area contributed by atoms with Crippen LogP contribution in [-0.2, 0) is 0 Å². The molecule has 2 nitrogen and oxygen atoms in total. The van der Waals surface area contributed by atoms with E-state index in [1.807, 2.05) is 13.0 Å². The number of carbonyl (C=O) groups is 1. The lowest BCUT2D eigenvalue weighted by molar-refractivity contribution is 0.0988. The molecule has 1 aromatic rings. The van der Waals surface area contributed by atoms with Gasteiger partial charge >= 0.3 is 0 Å². The molecule has 0 bridgehead atoms. The molecule has 70 valence electrons. The third kappa shape index (κ3) is 2.56. The average Bonchev–Trinajstić information content (AvgIpc) is 2.15. The summed E-state index contributed by atoms with van der Waals surface area (Å²) in [7, 11) is 1.59. The van der Waals surface area contributed by atoms with E-state index in [1.165, 1.54) is 0 Å². The van der Waals surface area contributed by atoms with Crippen molar-refractivity contribution in [1.82, 2.24) is 0 Å². The van der Waals surface area contributed by atoms with E-state index in [0.717, 1.165) is 4.47 Å². The molecule has 0 heterocycles. The molecule has 0 saturated carbocycles. The van der Waals surface area contributed by atoms with Crippen LogP contribution in [0, 0.1) is 0 Å². The molecule has 13 heavy (non-hydrogen) atoms. The van der Waals surface area contributed by atoms with Gasteiger partial charge in [0.2, 0.25) is 0 Å². The van der Waals surface area contributed by atoms with Crippen LogP contribution in [0.3, 0.4) is 0 Å². The van der Waals surface area contributed by atoms with E-state index in [-0.39, 0.29) is 5.78 Å². The minimum atomic E-state index is 0.125. The van der Waals surface area contributed by atoms with Crippen molar-refractivity contribution in [2.24, 2.45) is 0 Å². The number of rotatable bonds is 3. The van der Waals surface area contributed by atoms with Crippen molar-refractivity contribution in [1.29, 1.82) is 0 Å². The van der Waals surface area contributed by atoms with Gasteiger partial charge in [-0.3, -0.25) is 4.79 Å². The summed E-state index contributed by atoms with van der Waals surface area (Å²) in [4.78, 5) is 11.4. The first kappa shape index (κ1) is 10.3. The monoisotopic (exact) mass is 242 g/mol. The normalized spacial score (nSPS) is 9.77. The van der Waals surface area contributed by atoms with Crippen LogP contribution < -0.4 is 4.74 Å². The highest BCUT2D eigenvalue weighted by atomic mass is 79.9. The molecule has 0 N–H and O–H groups in total. The largest absolute Gasteiger partial charge is 0.497 e. The van der Waals surface area contributed by atoms with E-state index in [0.29, 0.717) is 17.7 Å². The van der Waals surface area contributed by atoms with Crippen LogP contribution in [-0.4, -0.2) is 12.9 Å². The molecule has 0 aliphatic carbocycles. The molecular formula is C10H11BrO2. The summed E-state index contributed by atoms with van der Waals surface area (Å²) in [5.41, 5.74) is 0.689. The molecule has 0 fully saturated rings. The van der Waals surface area contributed by atoms with Gasteiger partial charge in [0.1, 0.15) is 5.75 Å². The van der Waals surface area contributed by atoms with E-state index in [1.54, 1.807) is 19.2 Å². The maximum Gasteiger partial charge on any atom is 0.162 e. The smallest absolute Gasteiger partial charge is 0.162 e. The molecular weight excluding hydrogens is 232 g/mol. The summed E-state index contributed by atoms with van der Waals surface area (Å²) in [5, 5.41) is 0. The van der Waals surface area contributed by atoms with Gasteiger partial charge in [0, 0.05) is 16.5 Å². The molecule has 0 aromatic heterocycles. The summed E-state index contributed by atoms with van der Waals surface area (Å²) < 4.78 is 5.91. The lowest BCUT2D eigenvalue weighted by Gasteiger charge is -2.03. The highest BCUT2D eigenvalue weighted by molar-refractivity contribution is 9.10. The standard InChI is InChI=1S/C10H11BrO2/c1-3-10(12)7-4-8(11)6-9(5-7)13-2/h4-6H,3H2,1-2H3. The van der Waals surface area contributed by atoms with Crippen LogP contribution >= 0.6 is 15.9 Å². The van der Waals surface area contributed by atoms with Gasteiger partial charge in [0.05, 0.1) is 7.11 Å². The fourth-order valence-corrected chi connectivity index (χ4v) is 1.52. The SMILES string of the molecule is CCC(=O)c1cc(Br)cc(OC)c1. The van der Waals surface area contributed by atoms with Gasteiger partial charge in [-0.05, 0) is 18.2 Å². The Morgan fingerprint density at radius 1 is 1.46 bits per heavy atom. The number of halogens is 1. The Bertz CT molecular complexity index is 321. The Morgan fingerprint density at radius 2 is 2.15 bits per heavy atom. The van der Waals surface area contributed by atoms with E-state index in [4.69, 9.17) is 4.74 Å². The van der Waals surface area contributed by atoms with Crippen LogP contribution in [0.25, 0.3) is 0 Å². The van der Waals surface area contributed by atoms with Gasteiger partial charge in [-0.15, -0.1) is 0 Å². The molecule has 3 heteroatoms. The predicted octanol–water partition coefficient (Wildman–Crippen LogP) is 3.05. The zero-order valence-corrected chi connectivity index (χ0v) is 9.22. The molecule has 0 saturated heterocycles. The molecule has 0 aliphatic heterocycles. The zero-order chi connectivity index (χ0) is 9.84. The summed E-state index contributed by atoms with van der Waals surface area (Å²) in [6.07, 6.45) is 0.513. The van der Waals surface area contributed by atoms with Crippen LogP contribution in [0.15, 0.2) is 22.7 Å². The number of hydrogen-bond acceptors (Lipinski definition) is 2. The van der Waals surface area contributed by atoms with Crippen LogP contribution in [0.5, 0.6) is 5.75 Å². The fourth-order valence-electron chi connectivity index (χ4n) is 1.05. The topological polar surface area (TPSA) is 26.3 Å². The Kier molecular flexibility index (Phi) is 3.48. The number of methoxy groups -OCH3 is 1. The highest BCUT2D eigenvalue weighted by Crippen LogP contribution is 2.21. The molecule has 0 spiro atoms. The van der Waals surface area contributed by atoms with Crippen molar-refractivity contribution in [2.75, 3.05) is 7.11 Å². The highest BCUT2D eigenvalue weighted by Gasteiger charge is 2.05. The van der Waals surface area contributed by atoms with Gasteiger partial charge in [0.25, 0.3) is 0 Å². The Hall–Kier alpha value is -0.830. The second kappa shape index (κ2) is 4.42. The number of carbonyl (C=O) groups excluding carboxylic acids is 1. The van der Waals surface area contributed by atoms with Gasteiger partial charge in [0.15, 0.2) is 5.78 Å². The van der Waals surface area contributed by atoms with Gasteiger partial charge in [-0.25, -0.2) is 0 Å². The molecule has 1 aromatic carbocycles. The molecule has 0 radical (unpaired) electrons. The van der Waals surface area contributed by atoms with Crippen molar-refractivity contribution < 1.29 is 9.53 Å². The Balaban J connectivity index is 3.08. The number of Topliss-reactive ketones (excluding diaryl/α,β-unsaturated/α-hetero) is 1. The molecule has 0 aliphatic rings. The minimum absolute atomic E-state index is 0.125. The predicted molar refractivity (Wildman–Crippen MR) is 55.3 cm³/mol. The second-order valence-corrected chi connectivity index (χ2v) is 3.57. The lowest BCUT2D eigenvalue weighted by Crippen LogP contribution is -1.97. The maximum atomic E-state index is 11.4. The van der Waals surface area contributed by atoms with E-state index < -0.39 is 0 Å². The van der Waals surface area contributed by atoms with E-state index in [2.05, 4.69) is 15.9 Å². The first-order chi connectivity index (χ1) is 6.17. The van der Waals surface area contributed by atoms with Gasteiger partial charge in [-0.1, -0.05) is 22.9 Å². The maximum absolute atomic E-state index is 11.4. The zero-order valence-electron chi connectivity index (χ0n) is 7.63. The summed E-state index contributed by atoms with van der Waals surface area (Å²) in [6, 6.07) is 5.37. The van der Waals surface area contributed by atoms with E-state index in [9.17, 15) is 4.79 Å². The average molecular weight is 243 g/mol. The lowest BCUT2D eigenvalue weighted by atomic mass is 10.1. The molecule has 0 atom stereocenters. The summed E-state index contributed by atoms with van der Waals surface area (Å²) >= 11 is 3.32. The minimum Gasteiger partial charge on any atom is -0.497 e. The number of ether oxygens (including phenoxy) is 1. The number of ketones is 1. The third-order valence-corrected chi connectivity index (χ3v) is 2.21. The van der Waals surface area contributed by atoms with Crippen molar-refractivity contribution in [3.63, 3.8) is 0 Å². The fraction of sp³-hybridized carbons (Fsp3) is 0.300. The second-order valence-electron chi connectivity index (χ2n) is 2.66. The van der Waals surface area contributed by atoms with Crippen LogP contribution in [0.1, 0.15) is 23.7 Å². The molecule has 1 rings (SSSR count). The van der Waals surface area contributed by atoms with E-state index >= 15 is 0 Å². The van der Waals surface area contributed by atoms with Gasteiger partial charge in [-0.2, -0.15) is 0 Å². The first-order valence-electron chi connectivity index (χ1n) is 4.05. The number of hydrogen-bond donors (Lipinski definition) is 0. The quantitative estimate of drug-likeness (QED) is 0.762. The van der Waals surface area contributed by atoms with Crippen molar-refractivity contribution in [3.05, 3.63) is 28.2 Å². The van der Waals surface area contributed by atoms with Gasteiger partial charge < -0.3 is 4.74 Å². The van der Waals surface area contributed by atoms with Crippen molar-refractivity contribution >= 4 is 21.7 Å². The Morgan fingerprint density at radius 3 is 2.69 bits per heavy atom. The first-order valence-corrected chi connectivity index (χ1v) is 4.84. The Labute approximate surface area is 86.0 Å². The van der Waals surface area contributed by atoms with Crippen LogP contribution in [0.4, 0.5) is 0 Å². The molecule has 0 unspecified atom stereocenters. The summed E-state index contributed by atoms with van der Waals surface area (Å²) in [6.45, 7) is 1.84. The van der Waals surface area contributed by atoms with Crippen molar-refractivity contribution in [3.8, 4) is 5.75 Å². The third-order valence-electron chi connectivity index (χ3n) is 1.75. The number of benzene rings is 1. The molecule has 0 amide bonds.